The first kappa shape index (κ1) is 21.2. The van der Waals surface area contributed by atoms with Crippen molar-refractivity contribution in [2.24, 2.45) is 0 Å². The van der Waals surface area contributed by atoms with E-state index in [1.807, 2.05) is 78.9 Å². The van der Waals surface area contributed by atoms with E-state index < -0.39 is 0 Å². The molecule has 3 aromatic carbocycles. The number of hydrogen-bond acceptors (Lipinski definition) is 4. The van der Waals surface area contributed by atoms with Gasteiger partial charge < -0.3 is 14.4 Å². The summed E-state index contributed by atoms with van der Waals surface area (Å²) < 4.78 is 13.2. The Morgan fingerprint density at radius 2 is 1.66 bits per heavy atom. The molecule has 0 fully saturated rings. The summed E-state index contributed by atoms with van der Waals surface area (Å²) in [6.45, 7) is 0.881. The molecule has 0 aliphatic carbocycles. The molecular weight excluding hydrogens is 402 g/mol. The van der Waals surface area contributed by atoms with E-state index in [2.05, 4.69) is 4.98 Å². The summed E-state index contributed by atoms with van der Waals surface area (Å²) in [5.41, 5.74) is 3.42. The first-order valence-corrected chi connectivity index (χ1v) is 10.3. The monoisotopic (exact) mass is 427 g/mol. The minimum Gasteiger partial charge on any atom is -0.493 e. The molecule has 0 unspecified atom stereocenters. The van der Waals surface area contributed by atoms with Gasteiger partial charge >= 0.3 is 0 Å². The molecule has 0 aliphatic heterocycles. The lowest BCUT2D eigenvalue weighted by Gasteiger charge is -2.19. The zero-order valence-corrected chi connectivity index (χ0v) is 18.1. The molecule has 6 heteroatoms. The number of methoxy groups -OCH3 is 1. The van der Waals surface area contributed by atoms with Crippen molar-refractivity contribution in [1.82, 2.24) is 14.5 Å². The van der Waals surface area contributed by atoms with Gasteiger partial charge in [-0.15, -0.1) is 0 Å². The van der Waals surface area contributed by atoms with Crippen molar-refractivity contribution in [3.63, 3.8) is 0 Å². The van der Waals surface area contributed by atoms with Crippen molar-refractivity contribution in [3.05, 3.63) is 108 Å². The highest BCUT2D eigenvalue weighted by Crippen LogP contribution is 2.29. The van der Waals surface area contributed by atoms with Crippen LogP contribution in [0, 0.1) is 0 Å². The van der Waals surface area contributed by atoms with Crippen molar-refractivity contribution in [2.75, 3.05) is 14.2 Å². The van der Waals surface area contributed by atoms with E-state index in [9.17, 15) is 4.79 Å². The summed E-state index contributed by atoms with van der Waals surface area (Å²) in [7, 11) is 3.39. The van der Waals surface area contributed by atoms with Gasteiger partial charge in [0.25, 0.3) is 5.91 Å². The molecular formula is C26H25N3O3. The van der Waals surface area contributed by atoms with Gasteiger partial charge in [-0.05, 0) is 35.4 Å². The number of aromatic nitrogens is 2. The number of hydrogen-bond donors (Lipinski definition) is 0. The largest absolute Gasteiger partial charge is 0.493 e. The standard InChI is InChI=1S/C26H25N3O3/c1-28(26(30)23-16-27-19-29(23)22-11-7-4-8-12-22)17-21-13-14-24(25(15-21)31-2)32-18-20-9-5-3-6-10-20/h3-16,19H,17-18H2,1-2H3. The molecule has 0 saturated heterocycles. The Balaban J connectivity index is 1.46. The number of carbonyl (C=O) groups excluding carboxylic acids is 1. The highest BCUT2D eigenvalue weighted by atomic mass is 16.5. The normalized spacial score (nSPS) is 10.6. The zero-order chi connectivity index (χ0) is 22.3. The molecule has 0 saturated carbocycles. The molecule has 0 atom stereocenters. The molecule has 4 rings (SSSR count). The zero-order valence-electron chi connectivity index (χ0n) is 18.1. The molecule has 1 aromatic heterocycles. The number of benzene rings is 3. The maximum Gasteiger partial charge on any atom is 0.272 e. The molecule has 0 aliphatic rings. The fraction of sp³-hybridized carbons (Fsp3) is 0.154. The smallest absolute Gasteiger partial charge is 0.272 e. The maximum absolute atomic E-state index is 13.1. The summed E-state index contributed by atoms with van der Waals surface area (Å²) in [5.74, 6) is 1.18. The van der Waals surface area contributed by atoms with Crippen molar-refractivity contribution in [1.29, 1.82) is 0 Å². The highest BCUT2D eigenvalue weighted by Gasteiger charge is 2.18. The molecule has 0 N–H and O–H groups in total. The molecule has 4 aromatic rings. The van der Waals surface area contributed by atoms with Crippen LogP contribution < -0.4 is 9.47 Å². The van der Waals surface area contributed by atoms with E-state index in [0.717, 1.165) is 16.8 Å². The average molecular weight is 428 g/mol. The number of imidazole rings is 1. The maximum atomic E-state index is 13.1. The van der Waals surface area contributed by atoms with E-state index in [0.29, 0.717) is 30.3 Å². The van der Waals surface area contributed by atoms with Gasteiger partial charge in [0.1, 0.15) is 12.3 Å². The van der Waals surface area contributed by atoms with Crippen LogP contribution in [0.2, 0.25) is 0 Å². The predicted molar refractivity (Wildman–Crippen MR) is 123 cm³/mol. The third kappa shape index (κ3) is 4.81. The van der Waals surface area contributed by atoms with Crippen LogP contribution >= 0.6 is 0 Å². The lowest BCUT2D eigenvalue weighted by molar-refractivity contribution is 0.0777. The summed E-state index contributed by atoms with van der Waals surface area (Å²) in [6.07, 6.45) is 3.24. The van der Waals surface area contributed by atoms with Gasteiger partial charge in [-0.1, -0.05) is 54.6 Å². The van der Waals surface area contributed by atoms with Crippen molar-refractivity contribution in [2.45, 2.75) is 13.2 Å². The molecule has 6 nitrogen and oxygen atoms in total. The molecule has 0 radical (unpaired) electrons. The predicted octanol–water partition coefficient (Wildman–Crippen LogP) is 4.73. The summed E-state index contributed by atoms with van der Waals surface area (Å²) >= 11 is 0. The lowest BCUT2D eigenvalue weighted by Crippen LogP contribution is -2.28. The second-order valence-corrected chi connectivity index (χ2v) is 7.41. The molecule has 32 heavy (non-hydrogen) atoms. The van der Waals surface area contributed by atoms with Gasteiger partial charge in [-0.2, -0.15) is 0 Å². The second kappa shape index (κ2) is 9.83. The van der Waals surface area contributed by atoms with E-state index in [-0.39, 0.29) is 5.91 Å². The van der Waals surface area contributed by atoms with Gasteiger partial charge in [0, 0.05) is 19.3 Å². The lowest BCUT2D eigenvalue weighted by atomic mass is 10.2. The third-order valence-corrected chi connectivity index (χ3v) is 5.12. The number of amides is 1. The molecule has 0 spiro atoms. The minimum absolute atomic E-state index is 0.116. The van der Waals surface area contributed by atoms with Crippen molar-refractivity contribution < 1.29 is 14.3 Å². The van der Waals surface area contributed by atoms with Crippen molar-refractivity contribution in [3.8, 4) is 17.2 Å². The first-order valence-electron chi connectivity index (χ1n) is 10.3. The minimum atomic E-state index is -0.116. The van der Waals surface area contributed by atoms with Gasteiger partial charge in [0.15, 0.2) is 11.5 Å². The average Bonchev–Trinajstić information content (AvgIpc) is 3.33. The SMILES string of the molecule is COc1cc(CN(C)C(=O)c2cncn2-c2ccccc2)ccc1OCc1ccccc1. The Labute approximate surface area is 187 Å². The topological polar surface area (TPSA) is 56.6 Å². The molecule has 1 amide bonds. The fourth-order valence-electron chi connectivity index (χ4n) is 3.45. The second-order valence-electron chi connectivity index (χ2n) is 7.41. The Bertz CT molecular complexity index is 1170. The van der Waals surface area contributed by atoms with Crippen LogP contribution in [-0.4, -0.2) is 34.5 Å². The summed E-state index contributed by atoms with van der Waals surface area (Å²) in [6, 6.07) is 25.4. The van der Waals surface area contributed by atoms with Crippen LogP contribution in [0.4, 0.5) is 0 Å². The molecule has 162 valence electrons. The fourth-order valence-corrected chi connectivity index (χ4v) is 3.45. The summed E-state index contributed by atoms with van der Waals surface area (Å²) in [5, 5.41) is 0. The van der Waals surface area contributed by atoms with Gasteiger partial charge in [-0.25, -0.2) is 4.98 Å². The van der Waals surface area contributed by atoms with Crippen molar-refractivity contribution >= 4 is 5.91 Å². The van der Waals surface area contributed by atoms with Gasteiger partial charge in [0.05, 0.1) is 19.6 Å². The van der Waals surface area contributed by atoms with E-state index in [1.54, 1.807) is 36.1 Å². The number of para-hydroxylation sites is 1. The van der Waals surface area contributed by atoms with Gasteiger partial charge in [-0.3, -0.25) is 9.36 Å². The number of rotatable bonds is 8. The molecule has 0 bridgehead atoms. The van der Waals surface area contributed by atoms with Crippen LogP contribution in [0.25, 0.3) is 5.69 Å². The number of carbonyl (C=O) groups is 1. The van der Waals surface area contributed by atoms with Crippen LogP contribution in [0.1, 0.15) is 21.6 Å². The highest BCUT2D eigenvalue weighted by molar-refractivity contribution is 5.92. The third-order valence-electron chi connectivity index (χ3n) is 5.12. The quantitative estimate of drug-likeness (QED) is 0.408. The Hall–Kier alpha value is -4.06. The van der Waals surface area contributed by atoms with Crippen LogP contribution in [0.15, 0.2) is 91.4 Å². The Morgan fingerprint density at radius 3 is 2.38 bits per heavy atom. The van der Waals surface area contributed by atoms with Crippen LogP contribution in [0.3, 0.4) is 0 Å². The number of nitrogens with zero attached hydrogens (tertiary/aromatic N) is 3. The van der Waals surface area contributed by atoms with Crippen LogP contribution in [0.5, 0.6) is 11.5 Å². The van der Waals surface area contributed by atoms with E-state index >= 15 is 0 Å². The summed E-state index contributed by atoms with van der Waals surface area (Å²) in [4.78, 5) is 18.9. The van der Waals surface area contributed by atoms with E-state index in [4.69, 9.17) is 9.47 Å². The Morgan fingerprint density at radius 1 is 0.938 bits per heavy atom. The van der Waals surface area contributed by atoms with E-state index in [1.165, 1.54) is 0 Å². The molecule has 1 heterocycles. The number of ether oxygens (including phenoxy) is 2. The van der Waals surface area contributed by atoms with Gasteiger partial charge in [0.2, 0.25) is 0 Å². The Kier molecular flexibility index (Phi) is 6.51. The first-order chi connectivity index (χ1) is 15.7. The van der Waals surface area contributed by atoms with Crippen LogP contribution in [-0.2, 0) is 13.2 Å².